The highest BCUT2D eigenvalue weighted by atomic mass is 19.4. The lowest BCUT2D eigenvalue weighted by molar-refractivity contribution is -0.192. The van der Waals surface area contributed by atoms with Crippen molar-refractivity contribution in [3.8, 4) is 0 Å². The molecule has 1 atom stereocenters. The summed E-state index contributed by atoms with van der Waals surface area (Å²) in [5.41, 5.74) is 1.15. The molecule has 180 valence electrons. The van der Waals surface area contributed by atoms with E-state index in [0.717, 1.165) is 36.8 Å². The number of amides is 1. The Balaban J connectivity index is 0.000000383. The number of aromatic nitrogens is 1. The van der Waals surface area contributed by atoms with E-state index in [4.69, 9.17) is 14.6 Å². The highest BCUT2D eigenvalue weighted by Gasteiger charge is 2.38. The van der Waals surface area contributed by atoms with Crippen molar-refractivity contribution in [3.63, 3.8) is 0 Å². The summed E-state index contributed by atoms with van der Waals surface area (Å²) in [6.07, 6.45) is -2.78. The predicted molar refractivity (Wildman–Crippen MR) is 114 cm³/mol. The Morgan fingerprint density at radius 2 is 1.76 bits per heavy atom. The number of carbonyl (C=O) groups is 2. The number of fused-ring (bicyclic) bond motifs is 1. The molecule has 4 rings (SSSR count). The predicted octanol–water partition coefficient (Wildman–Crippen LogP) is 2.24. The average Bonchev–Trinajstić information content (AvgIpc) is 2.75. The molecule has 1 aromatic heterocycles. The first-order valence-corrected chi connectivity index (χ1v) is 10.6. The first kappa shape index (κ1) is 24.7. The average molecular weight is 469 g/mol. The zero-order valence-electron chi connectivity index (χ0n) is 18.0. The molecule has 2 aliphatic heterocycles. The lowest BCUT2D eigenvalue weighted by Gasteiger charge is -2.37. The molecule has 0 radical (unpaired) electrons. The molecule has 0 aliphatic carbocycles. The van der Waals surface area contributed by atoms with Crippen LogP contribution < -0.4 is 10.9 Å². The highest BCUT2D eigenvalue weighted by Crippen LogP contribution is 2.23. The summed E-state index contributed by atoms with van der Waals surface area (Å²) >= 11 is 0. The van der Waals surface area contributed by atoms with Crippen molar-refractivity contribution in [1.29, 1.82) is 0 Å². The summed E-state index contributed by atoms with van der Waals surface area (Å²) in [7, 11) is 0. The van der Waals surface area contributed by atoms with Gasteiger partial charge in [0.15, 0.2) is 0 Å². The van der Waals surface area contributed by atoms with Gasteiger partial charge in [-0.1, -0.05) is 18.2 Å². The number of H-pyrrole nitrogens is 1. The number of aliphatic carboxylic acids is 1. The fourth-order valence-corrected chi connectivity index (χ4v) is 3.74. The Morgan fingerprint density at radius 3 is 2.30 bits per heavy atom. The third-order valence-electron chi connectivity index (χ3n) is 5.74. The number of hydrogen-bond donors (Lipinski definition) is 3. The van der Waals surface area contributed by atoms with Crippen LogP contribution in [-0.2, 0) is 14.3 Å². The molecule has 1 amide bonds. The van der Waals surface area contributed by atoms with Crippen molar-refractivity contribution in [1.82, 2.24) is 15.2 Å². The topological polar surface area (TPSA) is 112 Å². The number of ether oxygens (including phenoxy) is 1. The zero-order chi connectivity index (χ0) is 24.2. The summed E-state index contributed by atoms with van der Waals surface area (Å²) in [5, 5.41) is 11.3. The van der Waals surface area contributed by atoms with Crippen LogP contribution in [0.5, 0.6) is 0 Å². The third kappa shape index (κ3) is 6.32. The molecule has 3 heterocycles. The summed E-state index contributed by atoms with van der Waals surface area (Å²) in [5.74, 6) is -3.18. The number of hydrogen-bond acceptors (Lipinski definition) is 5. The van der Waals surface area contributed by atoms with E-state index in [1.807, 2.05) is 42.2 Å². The molecule has 2 aromatic rings. The van der Waals surface area contributed by atoms with Crippen LogP contribution >= 0.6 is 0 Å². The van der Waals surface area contributed by atoms with Gasteiger partial charge in [-0.25, -0.2) is 4.79 Å². The summed E-state index contributed by atoms with van der Waals surface area (Å²) in [6, 6.07) is 9.48. The summed E-state index contributed by atoms with van der Waals surface area (Å²) in [4.78, 5) is 39.0. The Bertz CT molecular complexity index is 1040. The molecule has 0 saturated carbocycles. The Hall–Kier alpha value is -2.92. The molecule has 1 aromatic carbocycles. The van der Waals surface area contributed by atoms with Crippen molar-refractivity contribution in [2.75, 3.05) is 26.2 Å². The second-order valence-electron chi connectivity index (χ2n) is 8.11. The molecule has 2 fully saturated rings. The number of aromatic amines is 1. The molecule has 2 aliphatic rings. The van der Waals surface area contributed by atoms with Gasteiger partial charge in [0.25, 0.3) is 5.56 Å². The molecular formula is C22H26F3N3O5. The van der Waals surface area contributed by atoms with Crippen molar-refractivity contribution >= 4 is 22.8 Å². The maximum absolute atomic E-state index is 12.9. The number of alkyl halides is 3. The minimum Gasteiger partial charge on any atom is -0.475 e. The molecule has 11 heteroatoms. The number of halogens is 3. The van der Waals surface area contributed by atoms with Crippen molar-refractivity contribution < 1.29 is 32.6 Å². The molecule has 0 spiro atoms. The molecule has 8 nitrogen and oxygen atoms in total. The standard InChI is InChI=1S/C20H25N3O3.C2HF3O2/c1-13(17-10-14-4-2-3-5-18(14)22-19(17)24)20(25)23-8-6-15(7-9-23)26-16-11-21-12-16;3-2(4,5)1(6)7/h2-5,10,13,15-16,21H,6-9,11-12H2,1H3,(H,22,24);(H,6,7). The smallest absolute Gasteiger partial charge is 0.475 e. The minimum atomic E-state index is -5.08. The number of likely N-dealkylation sites (tertiary alicyclic amines) is 1. The van der Waals surface area contributed by atoms with E-state index < -0.39 is 18.1 Å². The summed E-state index contributed by atoms with van der Waals surface area (Å²) in [6.45, 7) is 5.07. The van der Waals surface area contributed by atoms with E-state index in [1.54, 1.807) is 0 Å². The number of nitrogens with zero attached hydrogens (tertiary/aromatic N) is 1. The fourth-order valence-electron chi connectivity index (χ4n) is 3.74. The first-order valence-electron chi connectivity index (χ1n) is 10.6. The van der Waals surface area contributed by atoms with Crippen molar-refractivity contribution in [2.45, 2.75) is 44.1 Å². The van der Waals surface area contributed by atoms with E-state index in [-0.39, 0.29) is 17.6 Å². The van der Waals surface area contributed by atoms with Gasteiger partial charge in [-0.3, -0.25) is 9.59 Å². The molecule has 33 heavy (non-hydrogen) atoms. The van der Waals surface area contributed by atoms with Crippen LogP contribution in [0.3, 0.4) is 0 Å². The second-order valence-corrected chi connectivity index (χ2v) is 8.11. The van der Waals surface area contributed by atoms with Gasteiger partial charge >= 0.3 is 12.1 Å². The molecule has 3 N–H and O–H groups in total. The lowest BCUT2D eigenvalue weighted by atomic mass is 9.97. The van der Waals surface area contributed by atoms with Crippen LogP contribution in [0.15, 0.2) is 35.1 Å². The van der Waals surface area contributed by atoms with Crippen molar-refractivity contribution in [2.24, 2.45) is 0 Å². The van der Waals surface area contributed by atoms with Crippen LogP contribution in [-0.4, -0.2) is 71.4 Å². The van der Waals surface area contributed by atoms with E-state index >= 15 is 0 Å². The van der Waals surface area contributed by atoms with Gasteiger partial charge in [0, 0.05) is 37.3 Å². The van der Waals surface area contributed by atoms with Gasteiger partial charge in [-0.2, -0.15) is 13.2 Å². The summed E-state index contributed by atoms with van der Waals surface area (Å²) < 4.78 is 37.7. The number of carboxylic acids is 1. The number of benzene rings is 1. The molecule has 1 unspecified atom stereocenters. The van der Waals surface area contributed by atoms with Gasteiger partial charge < -0.3 is 25.0 Å². The number of para-hydroxylation sites is 1. The van der Waals surface area contributed by atoms with Crippen LogP contribution in [0.2, 0.25) is 0 Å². The Labute approximate surface area is 187 Å². The van der Waals surface area contributed by atoms with Gasteiger partial charge in [0.05, 0.1) is 18.1 Å². The van der Waals surface area contributed by atoms with Crippen molar-refractivity contribution in [3.05, 3.63) is 46.2 Å². The maximum atomic E-state index is 12.9. The van der Waals surface area contributed by atoms with E-state index in [9.17, 15) is 22.8 Å². The van der Waals surface area contributed by atoms with E-state index in [2.05, 4.69) is 10.3 Å². The van der Waals surface area contributed by atoms with Gasteiger partial charge in [-0.05, 0) is 37.3 Å². The quantitative estimate of drug-likeness (QED) is 0.634. The minimum absolute atomic E-state index is 0.0227. The zero-order valence-corrected chi connectivity index (χ0v) is 18.0. The Morgan fingerprint density at radius 1 is 1.15 bits per heavy atom. The fraction of sp³-hybridized carbons (Fsp3) is 0.500. The number of carbonyl (C=O) groups excluding carboxylic acids is 1. The Kier molecular flexibility index (Phi) is 7.75. The monoisotopic (exact) mass is 469 g/mol. The van der Waals surface area contributed by atoms with Crippen LogP contribution in [0, 0.1) is 0 Å². The number of carboxylic acid groups (broad SMARTS) is 1. The largest absolute Gasteiger partial charge is 0.490 e. The molecule has 0 bridgehead atoms. The number of piperidine rings is 1. The SMILES string of the molecule is CC(C(=O)N1CCC(OC2CNC2)CC1)c1cc2ccccc2[nH]c1=O.O=C(O)C(F)(F)F. The molecular weight excluding hydrogens is 443 g/mol. The first-order chi connectivity index (χ1) is 15.6. The number of nitrogens with one attached hydrogen (secondary N) is 2. The van der Waals surface area contributed by atoms with Crippen LogP contribution in [0.1, 0.15) is 31.2 Å². The third-order valence-corrected chi connectivity index (χ3v) is 5.74. The maximum Gasteiger partial charge on any atom is 0.490 e. The normalized spacial score (nSPS) is 18.2. The van der Waals surface area contributed by atoms with Crippen LogP contribution in [0.25, 0.3) is 10.9 Å². The van der Waals surface area contributed by atoms with Gasteiger partial charge in [0.1, 0.15) is 0 Å². The number of pyridine rings is 1. The van der Waals surface area contributed by atoms with Crippen LogP contribution in [0.4, 0.5) is 13.2 Å². The number of rotatable bonds is 4. The van der Waals surface area contributed by atoms with E-state index in [1.165, 1.54) is 0 Å². The second kappa shape index (κ2) is 10.3. The van der Waals surface area contributed by atoms with E-state index in [0.29, 0.717) is 24.8 Å². The lowest BCUT2D eigenvalue weighted by Crippen LogP contribution is -2.52. The van der Waals surface area contributed by atoms with Gasteiger partial charge in [0.2, 0.25) is 5.91 Å². The highest BCUT2D eigenvalue weighted by molar-refractivity contribution is 5.85. The van der Waals surface area contributed by atoms with Gasteiger partial charge in [-0.15, -0.1) is 0 Å². The molecule has 2 saturated heterocycles.